The average molecular weight is 417 g/mol. The number of nitrogens with one attached hydrogen (secondary N) is 2. The lowest BCUT2D eigenvalue weighted by Crippen LogP contribution is -2.34. The third-order valence-corrected chi connectivity index (χ3v) is 4.47. The third-order valence-electron chi connectivity index (χ3n) is 4.47. The number of rotatable bonds is 9. The van der Waals surface area contributed by atoms with Crippen LogP contribution in [0.5, 0.6) is 5.75 Å². The number of benzene rings is 3. The topological polar surface area (TPSA) is 111 Å². The minimum absolute atomic E-state index is 0.179. The fourth-order valence-electron chi connectivity index (χ4n) is 2.91. The Balaban J connectivity index is 1.50. The van der Waals surface area contributed by atoms with Gasteiger partial charge in [-0.05, 0) is 42.0 Å². The molecule has 0 saturated heterocycles. The number of hydrogen-bond acceptors (Lipinski definition) is 4. The molecule has 0 heterocycles. The van der Waals surface area contributed by atoms with Crippen molar-refractivity contribution in [3.63, 3.8) is 0 Å². The third kappa shape index (κ3) is 6.17. The van der Waals surface area contributed by atoms with Gasteiger partial charge in [0.25, 0.3) is 17.7 Å². The van der Waals surface area contributed by atoms with Gasteiger partial charge in [0, 0.05) is 24.2 Å². The van der Waals surface area contributed by atoms with Crippen LogP contribution in [0.25, 0.3) is 0 Å². The molecule has 0 radical (unpaired) electrons. The standard InChI is InChI=1S/C24H23N3O4/c25-22(28)20-11-4-5-12-21(20)31-16-17-7-6-10-19(15-17)24(30)27-14-13-26-23(29)18-8-2-1-3-9-18/h1-12,15H,13-14,16H2,(H2,25,28)(H,26,29)(H,27,30). The van der Waals surface area contributed by atoms with Crippen molar-refractivity contribution in [1.82, 2.24) is 10.6 Å². The Labute approximate surface area is 180 Å². The lowest BCUT2D eigenvalue weighted by Gasteiger charge is -2.11. The number of carbonyl (C=O) groups excluding carboxylic acids is 3. The van der Waals surface area contributed by atoms with Crippen molar-refractivity contribution >= 4 is 17.7 Å². The van der Waals surface area contributed by atoms with Crippen LogP contribution < -0.4 is 21.1 Å². The predicted molar refractivity (Wildman–Crippen MR) is 117 cm³/mol. The summed E-state index contributed by atoms with van der Waals surface area (Å²) in [6.45, 7) is 0.787. The summed E-state index contributed by atoms with van der Waals surface area (Å²) in [5, 5.41) is 5.53. The molecular formula is C24H23N3O4. The van der Waals surface area contributed by atoms with Gasteiger partial charge in [0.1, 0.15) is 12.4 Å². The van der Waals surface area contributed by atoms with Gasteiger partial charge in [-0.2, -0.15) is 0 Å². The molecule has 158 valence electrons. The largest absolute Gasteiger partial charge is 0.488 e. The van der Waals surface area contributed by atoms with Gasteiger partial charge in [0.05, 0.1) is 5.56 Å². The zero-order chi connectivity index (χ0) is 22.1. The second-order valence-corrected chi connectivity index (χ2v) is 6.73. The van der Waals surface area contributed by atoms with E-state index in [-0.39, 0.29) is 18.4 Å². The molecule has 0 aliphatic rings. The number of ether oxygens (including phenoxy) is 1. The molecule has 0 aliphatic carbocycles. The molecule has 4 N–H and O–H groups in total. The minimum Gasteiger partial charge on any atom is -0.488 e. The molecule has 3 amide bonds. The van der Waals surface area contributed by atoms with Crippen molar-refractivity contribution in [3.05, 3.63) is 101 Å². The summed E-state index contributed by atoms with van der Waals surface area (Å²) < 4.78 is 5.71. The molecule has 7 heteroatoms. The van der Waals surface area contributed by atoms with Gasteiger partial charge in [-0.25, -0.2) is 0 Å². The molecule has 0 aliphatic heterocycles. The number of amides is 3. The van der Waals surface area contributed by atoms with Gasteiger partial charge >= 0.3 is 0 Å². The Morgan fingerprint density at radius 2 is 1.35 bits per heavy atom. The van der Waals surface area contributed by atoms with Crippen LogP contribution in [0.2, 0.25) is 0 Å². The smallest absolute Gasteiger partial charge is 0.252 e. The van der Waals surface area contributed by atoms with Crippen LogP contribution >= 0.6 is 0 Å². The van der Waals surface area contributed by atoms with Crippen LogP contribution in [0.4, 0.5) is 0 Å². The van der Waals surface area contributed by atoms with Gasteiger partial charge in [-0.3, -0.25) is 14.4 Å². The zero-order valence-electron chi connectivity index (χ0n) is 16.8. The number of nitrogens with two attached hydrogens (primary N) is 1. The monoisotopic (exact) mass is 417 g/mol. The van der Waals surface area contributed by atoms with E-state index in [2.05, 4.69) is 10.6 Å². The Kier molecular flexibility index (Phi) is 7.37. The van der Waals surface area contributed by atoms with Crippen LogP contribution in [0.15, 0.2) is 78.9 Å². The molecular weight excluding hydrogens is 394 g/mol. The first-order valence-electron chi connectivity index (χ1n) is 9.76. The quantitative estimate of drug-likeness (QED) is 0.465. The SMILES string of the molecule is NC(=O)c1ccccc1OCc1cccc(C(=O)NCCNC(=O)c2ccccc2)c1. The summed E-state index contributed by atoms with van der Waals surface area (Å²) in [6, 6.07) is 22.6. The number of primary amides is 1. The minimum atomic E-state index is -0.567. The van der Waals surface area contributed by atoms with Crippen molar-refractivity contribution < 1.29 is 19.1 Å². The van der Waals surface area contributed by atoms with Gasteiger partial charge < -0.3 is 21.1 Å². The van der Waals surface area contributed by atoms with Crippen LogP contribution in [-0.2, 0) is 6.61 Å². The number of para-hydroxylation sites is 1. The van der Waals surface area contributed by atoms with Crippen LogP contribution in [0.3, 0.4) is 0 Å². The maximum Gasteiger partial charge on any atom is 0.252 e. The Hall–Kier alpha value is -4.13. The molecule has 0 fully saturated rings. The van der Waals surface area contributed by atoms with Crippen LogP contribution in [-0.4, -0.2) is 30.8 Å². The summed E-state index contributed by atoms with van der Waals surface area (Å²) in [5.74, 6) is -0.624. The first-order chi connectivity index (χ1) is 15.0. The Morgan fingerprint density at radius 3 is 2.06 bits per heavy atom. The molecule has 0 bridgehead atoms. The molecule has 31 heavy (non-hydrogen) atoms. The van der Waals surface area contributed by atoms with Crippen LogP contribution in [0.1, 0.15) is 36.6 Å². The average Bonchev–Trinajstić information content (AvgIpc) is 2.81. The number of carbonyl (C=O) groups is 3. The lowest BCUT2D eigenvalue weighted by atomic mass is 10.1. The highest BCUT2D eigenvalue weighted by molar-refractivity contribution is 5.96. The van der Waals surface area contributed by atoms with E-state index in [1.54, 1.807) is 66.7 Å². The summed E-state index contributed by atoms with van der Waals surface area (Å²) >= 11 is 0. The first-order valence-corrected chi connectivity index (χ1v) is 9.76. The molecule has 0 unspecified atom stereocenters. The highest BCUT2D eigenvalue weighted by Crippen LogP contribution is 2.19. The van der Waals surface area contributed by atoms with Crippen molar-refractivity contribution in [2.75, 3.05) is 13.1 Å². The van der Waals surface area contributed by atoms with Gasteiger partial charge in [0.15, 0.2) is 0 Å². The van der Waals surface area contributed by atoms with E-state index in [1.165, 1.54) is 0 Å². The van der Waals surface area contributed by atoms with Crippen molar-refractivity contribution in [3.8, 4) is 5.75 Å². The molecule has 0 saturated carbocycles. The highest BCUT2D eigenvalue weighted by atomic mass is 16.5. The summed E-state index contributed by atoms with van der Waals surface area (Å²) in [4.78, 5) is 35.9. The van der Waals surface area contributed by atoms with Gasteiger partial charge in [0.2, 0.25) is 0 Å². The fourth-order valence-corrected chi connectivity index (χ4v) is 2.91. The summed E-state index contributed by atoms with van der Waals surface area (Å²) in [6.07, 6.45) is 0. The van der Waals surface area contributed by atoms with E-state index < -0.39 is 5.91 Å². The van der Waals surface area contributed by atoms with Crippen molar-refractivity contribution in [1.29, 1.82) is 0 Å². The summed E-state index contributed by atoms with van der Waals surface area (Å²) in [5.41, 5.74) is 7.47. The van der Waals surface area contributed by atoms with Crippen molar-refractivity contribution in [2.24, 2.45) is 5.73 Å². The summed E-state index contributed by atoms with van der Waals surface area (Å²) in [7, 11) is 0. The van der Waals surface area contributed by atoms with E-state index >= 15 is 0 Å². The van der Waals surface area contributed by atoms with E-state index in [0.717, 1.165) is 5.56 Å². The molecule has 3 rings (SSSR count). The second-order valence-electron chi connectivity index (χ2n) is 6.73. The number of hydrogen-bond donors (Lipinski definition) is 3. The molecule has 0 aromatic heterocycles. The van der Waals surface area contributed by atoms with Gasteiger partial charge in [-0.1, -0.05) is 42.5 Å². The molecule has 3 aromatic rings. The predicted octanol–water partition coefficient (Wildman–Crippen LogP) is 2.52. The van der Waals surface area contributed by atoms with E-state index in [9.17, 15) is 14.4 Å². The molecule has 7 nitrogen and oxygen atoms in total. The molecule has 0 atom stereocenters. The lowest BCUT2D eigenvalue weighted by molar-refractivity contribution is 0.0927. The molecule has 3 aromatic carbocycles. The Bertz CT molecular complexity index is 1070. The van der Waals surface area contributed by atoms with E-state index in [1.807, 2.05) is 12.1 Å². The highest BCUT2D eigenvalue weighted by Gasteiger charge is 2.10. The van der Waals surface area contributed by atoms with E-state index in [0.29, 0.717) is 35.5 Å². The van der Waals surface area contributed by atoms with E-state index in [4.69, 9.17) is 10.5 Å². The fraction of sp³-hybridized carbons (Fsp3) is 0.125. The van der Waals surface area contributed by atoms with Crippen molar-refractivity contribution in [2.45, 2.75) is 6.61 Å². The first kappa shape index (κ1) is 21.6. The molecule has 0 spiro atoms. The maximum atomic E-state index is 12.4. The van der Waals surface area contributed by atoms with Crippen LogP contribution in [0, 0.1) is 0 Å². The normalized spacial score (nSPS) is 10.2. The maximum absolute atomic E-state index is 12.4. The van der Waals surface area contributed by atoms with Gasteiger partial charge in [-0.15, -0.1) is 0 Å². The second kappa shape index (κ2) is 10.6. The zero-order valence-corrected chi connectivity index (χ0v) is 16.8. The Morgan fingerprint density at radius 1 is 0.742 bits per heavy atom.